The number of nitrogens with zero attached hydrogens (tertiary/aromatic N) is 3. The number of aromatic nitrogens is 2. The van der Waals surface area contributed by atoms with E-state index in [1.807, 2.05) is 12.4 Å². The van der Waals surface area contributed by atoms with E-state index in [1.54, 1.807) is 0 Å². The van der Waals surface area contributed by atoms with E-state index in [0.29, 0.717) is 0 Å². The largest absolute Gasteiger partial charge is 0.341 e. The second-order valence-corrected chi connectivity index (χ2v) is 4.96. The number of hydrogen-bond donors (Lipinski definition) is 0. The minimum absolute atomic E-state index is 0.831. The number of anilines is 1. The van der Waals surface area contributed by atoms with Crippen LogP contribution in [0.15, 0.2) is 12.4 Å². The Morgan fingerprint density at radius 1 is 1.50 bits per heavy atom. The first kappa shape index (κ1) is 10.1. The molecule has 4 heteroatoms. The maximum absolute atomic E-state index is 4.34. The van der Waals surface area contributed by atoms with Gasteiger partial charge >= 0.3 is 0 Å². The van der Waals surface area contributed by atoms with Crippen molar-refractivity contribution in [2.45, 2.75) is 19.8 Å². The molecule has 0 saturated carbocycles. The van der Waals surface area contributed by atoms with E-state index in [4.69, 9.17) is 0 Å². The molecule has 2 heterocycles. The van der Waals surface area contributed by atoms with Gasteiger partial charge in [0.1, 0.15) is 0 Å². The molecule has 1 aromatic heterocycles. The Labute approximate surface area is 98.1 Å². The van der Waals surface area contributed by atoms with Gasteiger partial charge in [0.25, 0.3) is 0 Å². The first-order valence-corrected chi connectivity index (χ1v) is 6.10. The van der Waals surface area contributed by atoms with Crippen molar-refractivity contribution in [2.24, 2.45) is 5.92 Å². The van der Waals surface area contributed by atoms with Gasteiger partial charge in [0.15, 0.2) is 0 Å². The average molecular weight is 303 g/mol. The van der Waals surface area contributed by atoms with Crippen molar-refractivity contribution in [3.05, 3.63) is 16.0 Å². The standard InChI is InChI=1S/C10H14IN3/c1-2-8-3-4-14(7-8)10-12-5-9(11)6-13-10/h5-6,8H,2-4,7H2,1H3. The summed E-state index contributed by atoms with van der Waals surface area (Å²) in [5.41, 5.74) is 0. The normalized spacial score (nSPS) is 21.6. The second kappa shape index (κ2) is 4.42. The molecule has 1 aliphatic heterocycles. The van der Waals surface area contributed by atoms with Crippen molar-refractivity contribution >= 4 is 28.5 Å². The minimum Gasteiger partial charge on any atom is -0.341 e. The molecule has 0 amide bonds. The highest BCUT2D eigenvalue weighted by molar-refractivity contribution is 14.1. The number of hydrogen-bond acceptors (Lipinski definition) is 3. The Kier molecular flexibility index (Phi) is 3.20. The lowest BCUT2D eigenvalue weighted by Crippen LogP contribution is -2.21. The van der Waals surface area contributed by atoms with Gasteiger partial charge in [0.05, 0.1) is 0 Å². The lowest BCUT2D eigenvalue weighted by molar-refractivity contribution is 0.568. The summed E-state index contributed by atoms with van der Waals surface area (Å²) in [5, 5.41) is 0. The molecule has 1 fully saturated rings. The van der Waals surface area contributed by atoms with Crippen molar-refractivity contribution in [1.29, 1.82) is 0 Å². The van der Waals surface area contributed by atoms with E-state index in [-0.39, 0.29) is 0 Å². The smallest absolute Gasteiger partial charge is 0.225 e. The molecule has 0 aromatic carbocycles. The van der Waals surface area contributed by atoms with Gasteiger partial charge in [-0.1, -0.05) is 13.3 Å². The van der Waals surface area contributed by atoms with Crippen LogP contribution in [0, 0.1) is 9.49 Å². The van der Waals surface area contributed by atoms with Gasteiger partial charge in [-0.05, 0) is 34.9 Å². The molecule has 1 aliphatic rings. The Bertz CT molecular complexity index is 299. The molecule has 0 bridgehead atoms. The quantitative estimate of drug-likeness (QED) is 0.785. The second-order valence-electron chi connectivity index (χ2n) is 3.71. The first-order chi connectivity index (χ1) is 6.79. The van der Waals surface area contributed by atoms with Crippen LogP contribution >= 0.6 is 22.6 Å². The third kappa shape index (κ3) is 2.16. The maximum Gasteiger partial charge on any atom is 0.225 e. The van der Waals surface area contributed by atoms with E-state index in [1.165, 1.54) is 12.8 Å². The number of rotatable bonds is 2. The predicted molar refractivity (Wildman–Crippen MR) is 65.4 cm³/mol. The van der Waals surface area contributed by atoms with Crippen molar-refractivity contribution in [2.75, 3.05) is 18.0 Å². The molecule has 14 heavy (non-hydrogen) atoms. The Morgan fingerprint density at radius 2 is 2.21 bits per heavy atom. The van der Waals surface area contributed by atoms with E-state index < -0.39 is 0 Å². The molecular formula is C10H14IN3. The number of halogens is 1. The van der Waals surface area contributed by atoms with Crippen molar-refractivity contribution in [3.63, 3.8) is 0 Å². The molecule has 76 valence electrons. The van der Waals surface area contributed by atoms with Crippen LogP contribution in [0.2, 0.25) is 0 Å². The molecule has 0 N–H and O–H groups in total. The Balaban J connectivity index is 2.06. The molecule has 0 aliphatic carbocycles. The van der Waals surface area contributed by atoms with Crippen LogP contribution in [-0.4, -0.2) is 23.1 Å². The molecule has 1 saturated heterocycles. The van der Waals surface area contributed by atoms with Crippen molar-refractivity contribution in [1.82, 2.24) is 9.97 Å². The molecule has 2 rings (SSSR count). The van der Waals surface area contributed by atoms with Crippen LogP contribution in [0.25, 0.3) is 0 Å². The monoisotopic (exact) mass is 303 g/mol. The van der Waals surface area contributed by atoms with Crippen LogP contribution in [0.3, 0.4) is 0 Å². The summed E-state index contributed by atoms with van der Waals surface area (Å²) < 4.78 is 1.09. The zero-order valence-corrected chi connectivity index (χ0v) is 10.4. The molecule has 1 unspecified atom stereocenters. The highest BCUT2D eigenvalue weighted by Crippen LogP contribution is 2.22. The highest BCUT2D eigenvalue weighted by Gasteiger charge is 2.22. The Morgan fingerprint density at radius 3 is 2.79 bits per heavy atom. The lowest BCUT2D eigenvalue weighted by Gasteiger charge is -2.15. The van der Waals surface area contributed by atoms with E-state index in [0.717, 1.165) is 28.5 Å². The fraction of sp³-hybridized carbons (Fsp3) is 0.600. The minimum atomic E-state index is 0.831. The predicted octanol–water partition coefficient (Wildman–Crippen LogP) is 2.32. The fourth-order valence-corrected chi connectivity index (χ4v) is 2.09. The van der Waals surface area contributed by atoms with E-state index >= 15 is 0 Å². The van der Waals surface area contributed by atoms with Crippen molar-refractivity contribution < 1.29 is 0 Å². The highest BCUT2D eigenvalue weighted by atomic mass is 127. The van der Waals surface area contributed by atoms with Crippen molar-refractivity contribution in [3.8, 4) is 0 Å². The van der Waals surface area contributed by atoms with Crippen LogP contribution in [0.5, 0.6) is 0 Å². The molecule has 0 radical (unpaired) electrons. The van der Waals surface area contributed by atoms with Crippen LogP contribution < -0.4 is 4.90 Å². The third-order valence-electron chi connectivity index (χ3n) is 2.75. The summed E-state index contributed by atoms with van der Waals surface area (Å²) in [7, 11) is 0. The fourth-order valence-electron chi connectivity index (χ4n) is 1.82. The molecular weight excluding hydrogens is 289 g/mol. The zero-order valence-electron chi connectivity index (χ0n) is 8.28. The Hall–Kier alpha value is -0.390. The van der Waals surface area contributed by atoms with Crippen LogP contribution in [0.4, 0.5) is 5.95 Å². The third-order valence-corrected chi connectivity index (χ3v) is 3.31. The molecule has 3 nitrogen and oxygen atoms in total. The average Bonchev–Trinajstić information content (AvgIpc) is 2.67. The van der Waals surface area contributed by atoms with Gasteiger partial charge in [-0.3, -0.25) is 0 Å². The van der Waals surface area contributed by atoms with E-state index in [2.05, 4.69) is 44.4 Å². The molecule has 1 aromatic rings. The van der Waals surface area contributed by atoms with Crippen LogP contribution in [0.1, 0.15) is 19.8 Å². The van der Waals surface area contributed by atoms with Gasteiger partial charge in [0, 0.05) is 29.1 Å². The summed E-state index contributed by atoms with van der Waals surface area (Å²) in [6, 6.07) is 0. The summed E-state index contributed by atoms with van der Waals surface area (Å²) in [6.07, 6.45) is 6.30. The lowest BCUT2D eigenvalue weighted by atomic mass is 10.1. The zero-order chi connectivity index (χ0) is 9.97. The molecule has 1 atom stereocenters. The summed E-state index contributed by atoms with van der Waals surface area (Å²) in [6.45, 7) is 4.49. The summed E-state index contributed by atoms with van der Waals surface area (Å²) >= 11 is 2.23. The first-order valence-electron chi connectivity index (χ1n) is 5.02. The van der Waals surface area contributed by atoms with Gasteiger partial charge in [-0.15, -0.1) is 0 Å². The molecule has 0 spiro atoms. The van der Waals surface area contributed by atoms with Gasteiger partial charge in [-0.25, -0.2) is 9.97 Å². The SMILES string of the molecule is CCC1CCN(c2ncc(I)cn2)C1. The van der Waals surface area contributed by atoms with Crippen LogP contribution in [-0.2, 0) is 0 Å². The summed E-state index contributed by atoms with van der Waals surface area (Å²) in [5.74, 6) is 1.72. The summed E-state index contributed by atoms with van der Waals surface area (Å²) in [4.78, 5) is 11.0. The van der Waals surface area contributed by atoms with Gasteiger partial charge < -0.3 is 4.90 Å². The van der Waals surface area contributed by atoms with E-state index in [9.17, 15) is 0 Å². The maximum atomic E-state index is 4.34. The van der Waals surface area contributed by atoms with Gasteiger partial charge in [0.2, 0.25) is 5.95 Å². The topological polar surface area (TPSA) is 29.0 Å². The van der Waals surface area contributed by atoms with Gasteiger partial charge in [-0.2, -0.15) is 0 Å².